The van der Waals surface area contributed by atoms with Gasteiger partial charge in [-0.15, -0.1) is 0 Å². The molecule has 2 unspecified atom stereocenters. The Labute approximate surface area is 109 Å². The van der Waals surface area contributed by atoms with Crippen molar-refractivity contribution in [2.45, 2.75) is 25.3 Å². The number of ether oxygens (including phenoxy) is 1. The van der Waals surface area contributed by atoms with E-state index in [2.05, 4.69) is 5.32 Å². The first-order chi connectivity index (χ1) is 8.36. The molecular weight excluding hydrogens is 267 g/mol. The largest absolute Gasteiger partial charge is 0.414 e. The fraction of sp³-hybridized carbons (Fsp3) is 0.500. The Balaban J connectivity index is 2.87. The molecule has 1 aromatic rings. The van der Waals surface area contributed by atoms with Crippen molar-refractivity contribution in [3.63, 3.8) is 0 Å². The number of halogens is 4. The van der Waals surface area contributed by atoms with Crippen LogP contribution >= 0.6 is 11.6 Å². The third-order valence-corrected chi connectivity index (χ3v) is 2.82. The minimum absolute atomic E-state index is 0.254. The third kappa shape index (κ3) is 4.15. The smallest absolute Gasteiger partial charge is 0.360 e. The van der Waals surface area contributed by atoms with Crippen molar-refractivity contribution in [1.82, 2.24) is 5.32 Å². The molecule has 2 atom stereocenters. The summed E-state index contributed by atoms with van der Waals surface area (Å²) in [5.41, 5.74) is 0.546. The summed E-state index contributed by atoms with van der Waals surface area (Å²) in [5.74, 6) is 0. The lowest BCUT2D eigenvalue weighted by molar-refractivity contribution is -0.227. The molecule has 0 heterocycles. The van der Waals surface area contributed by atoms with E-state index in [0.29, 0.717) is 10.6 Å². The number of rotatable bonds is 5. The lowest BCUT2D eigenvalue weighted by Gasteiger charge is -2.25. The molecule has 0 aromatic heterocycles. The van der Waals surface area contributed by atoms with E-state index in [1.807, 2.05) is 0 Å². The molecule has 0 spiro atoms. The summed E-state index contributed by atoms with van der Waals surface area (Å²) in [6, 6.07) is 6.72. The average molecular weight is 282 g/mol. The van der Waals surface area contributed by atoms with Crippen LogP contribution in [-0.2, 0) is 4.74 Å². The number of hydrogen-bond acceptors (Lipinski definition) is 2. The maximum absolute atomic E-state index is 12.5. The highest BCUT2D eigenvalue weighted by Gasteiger charge is 2.38. The quantitative estimate of drug-likeness (QED) is 0.891. The zero-order valence-corrected chi connectivity index (χ0v) is 10.8. The highest BCUT2D eigenvalue weighted by Crippen LogP contribution is 2.30. The molecule has 1 N–H and O–H groups in total. The molecule has 0 bridgehead atoms. The van der Waals surface area contributed by atoms with Crippen molar-refractivity contribution in [2.24, 2.45) is 0 Å². The van der Waals surface area contributed by atoms with Crippen LogP contribution in [0.3, 0.4) is 0 Å². The molecule has 1 rings (SSSR count). The van der Waals surface area contributed by atoms with Gasteiger partial charge < -0.3 is 10.1 Å². The minimum atomic E-state index is -4.38. The van der Waals surface area contributed by atoms with Crippen LogP contribution in [0.15, 0.2) is 24.3 Å². The van der Waals surface area contributed by atoms with Crippen molar-refractivity contribution in [3.05, 3.63) is 34.9 Å². The van der Waals surface area contributed by atoms with Crippen LogP contribution in [0.2, 0.25) is 5.02 Å². The zero-order chi connectivity index (χ0) is 13.8. The summed E-state index contributed by atoms with van der Waals surface area (Å²) in [4.78, 5) is 0. The molecule has 102 valence electrons. The molecule has 0 aliphatic rings. The molecule has 0 saturated heterocycles. The van der Waals surface area contributed by atoms with Gasteiger partial charge in [-0.25, -0.2) is 0 Å². The normalized spacial score (nSPS) is 15.4. The summed E-state index contributed by atoms with van der Waals surface area (Å²) >= 11 is 5.96. The average Bonchev–Trinajstić information content (AvgIpc) is 2.28. The van der Waals surface area contributed by atoms with Gasteiger partial charge in [0, 0.05) is 17.1 Å². The Morgan fingerprint density at radius 3 is 2.44 bits per heavy atom. The highest BCUT2D eigenvalue weighted by molar-refractivity contribution is 6.31. The first-order valence-corrected chi connectivity index (χ1v) is 5.85. The van der Waals surface area contributed by atoms with E-state index in [4.69, 9.17) is 16.3 Å². The van der Waals surface area contributed by atoms with Crippen LogP contribution in [0, 0.1) is 0 Å². The summed E-state index contributed by atoms with van der Waals surface area (Å²) in [5, 5.41) is 3.19. The fourth-order valence-electron chi connectivity index (χ4n) is 1.48. The van der Waals surface area contributed by atoms with E-state index >= 15 is 0 Å². The topological polar surface area (TPSA) is 21.3 Å². The second-order valence-electron chi connectivity index (χ2n) is 3.89. The molecular formula is C12H15ClF3NO. The number of benzene rings is 1. The van der Waals surface area contributed by atoms with Gasteiger partial charge in [0.05, 0.1) is 6.10 Å². The van der Waals surface area contributed by atoms with Crippen LogP contribution < -0.4 is 5.32 Å². The number of alkyl halides is 3. The maximum Gasteiger partial charge on any atom is 0.414 e. The van der Waals surface area contributed by atoms with E-state index in [-0.39, 0.29) is 6.54 Å². The lowest BCUT2D eigenvalue weighted by atomic mass is 10.1. The van der Waals surface area contributed by atoms with Crippen molar-refractivity contribution in [3.8, 4) is 0 Å². The predicted octanol–water partition coefficient (Wildman–Crippen LogP) is 3.57. The first kappa shape index (κ1) is 15.3. The van der Waals surface area contributed by atoms with Crippen LogP contribution in [0.1, 0.15) is 18.6 Å². The van der Waals surface area contributed by atoms with Gasteiger partial charge in [0.25, 0.3) is 0 Å². The van der Waals surface area contributed by atoms with Gasteiger partial charge in [0.1, 0.15) is 0 Å². The second kappa shape index (κ2) is 6.41. The Bertz CT molecular complexity index is 384. The molecule has 0 aliphatic carbocycles. The summed E-state index contributed by atoms with van der Waals surface area (Å²) in [6.07, 6.45) is -6.96. The van der Waals surface area contributed by atoms with Crippen molar-refractivity contribution in [2.75, 3.05) is 13.6 Å². The van der Waals surface area contributed by atoms with Crippen molar-refractivity contribution in [1.29, 1.82) is 0 Å². The van der Waals surface area contributed by atoms with Gasteiger partial charge in [-0.3, -0.25) is 0 Å². The monoisotopic (exact) mass is 281 g/mol. The maximum atomic E-state index is 12.5. The molecule has 0 radical (unpaired) electrons. The molecule has 1 aromatic carbocycles. The summed E-state index contributed by atoms with van der Waals surface area (Å²) < 4.78 is 42.5. The van der Waals surface area contributed by atoms with E-state index in [9.17, 15) is 13.2 Å². The van der Waals surface area contributed by atoms with Gasteiger partial charge in [0.15, 0.2) is 6.10 Å². The molecule has 0 fully saturated rings. The Kier molecular flexibility index (Phi) is 5.44. The predicted molar refractivity (Wildman–Crippen MR) is 64.7 cm³/mol. The van der Waals surface area contributed by atoms with Crippen molar-refractivity contribution < 1.29 is 17.9 Å². The second-order valence-corrected chi connectivity index (χ2v) is 4.29. The summed E-state index contributed by atoms with van der Waals surface area (Å²) in [7, 11) is 1.64. The van der Waals surface area contributed by atoms with Gasteiger partial charge >= 0.3 is 6.18 Å². The Morgan fingerprint density at radius 2 is 1.94 bits per heavy atom. The zero-order valence-electron chi connectivity index (χ0n) is 10.1. The molecule has 6 heteroatoms. The molecule has 0 saturated carbocycles. The SMILES string of the molecule is CNCC(OC(C)C(F)(F)F)c1ccccc1Cl. The van der Waals surface area contributed by atoms with Gasteiger partial charge in [0.2, 0.25) is 0 Å². The van der Waals surface area contributed by atoms with Crippen LogP contribution in [-0.4, -0.2) is 25.9 Å². The van der Waals surface area contributed by atoms with E-state index in [1.165, 1.54) is 0 Å². The number of hydrogen-bond donors (Lipinski definition) is 1. The van der Waals surface area contributed by atoms with Gasteiger partial charge in [-0.2, -0.15) is 13.2 Å². The van der Waals surface area contributed by atoms with Crippen LogP contribution in [0.25, 0.3) is 0 Å². The standard InChI is InChI=1S/C12H15ClF3NO/c1-8(12(14,15)16)18-11(7-17-2)9-5-3-4-6-10(9)13/h3-6,8,11,17H,7H2,1-2H3. The van der Waals surface area contributed by atoms with E-state index < -0.39 is 18.4 Å². The third-order valence-electron chi connectivity index (χ3n) is 2.47. The lowest BCUT2D eigenvalue weighted by Crippen LogP contribution is -2.33. The molecule has 2 nitrogen and oxygen atoms in total. The molecule has 18 heavy (non-hydrogen) atoms. The minimum Gasteiger partial charge on any atom is -0.360 e. The van der Waals surface area contributed by atoms with E-state index in [0.717, 1.165) is 6.92 Å². The first-order valence-electron chi connectivity index (χ1n) is 5.47. The molecule has 0 aliphatic heterocycles. The molecule has 0 amide bonds. The Morgan fingerprint density at radius 1 is 1.33 bits per heavy atom. The van der Waals surface area contributed by atoms with Gasteiger partial charge in [-0.05, 0) is 20.0 Å². The summed E-state index contributed by atoms with van der Waals surface area (Å²) in [6.45, 7) is 1.24. The van der Waals surface area contributed by atoms with Gasteiger partial charge in [-0.1, -0.05) is 29.8 Å². The van der Waals surface area contributed by atoms with Crippen LogP contribution in [0.4, 0.5) is 13.2 Å². The fourth-order valence-corrected chi connectivity index (χ4v) is 1.73. The van der Waals surface area contributed by atoms with Crippen LogP contribution in [0.5, 0.6) is 0 Å². The highest BCUT2D eigenvalue weighted by atomic mass is 35.5. The Hall–Kier alpha value is -0.780. The van der Waals surface area contributed by atoms with E-state index in [1.54, 1.807) is 31.3 Å². The number of nitrogens with one attached hydrogen (secondary N) is 1. The number of likely N-dealkylation sites (N-methyl/N-ethyl adjacent to an activating group) is 1. The van der Waals surface area contributed by atoms with Crippen molar-refractivity contribution >= 4 is 11.6 Å².